The van der Waals surface area contributed by atoms with E-state index in [9.17, 15) is 8.42 Å². The van der Waals surface area contributed by atoms with Crippen LogP contribution in [0.3, 0.4) is 0 Å². The van der Waals surface area contributed by atoms with Crippen molar-refractivity contribution in [1.29, 1.82) is 0 Å². The molecule has 1 atom stereocenters. The topological polar surface area (TPSA) is 74.2 Å². The van der Waals surface area contributed by atoms with E-state index in [1.54, 1.807) is 25.1 Å². The molecule has 1 aromatic carbocycles. The van der Waals surface area contributed by atoms with Crippen LogP contribution in [0.25, 0.3) is 0 Å². The van der Waals surface area contributed by atoms with Crippen molar-refractivity contribution >= 4 is 10.0 Å². The van der Waals surface area contributed by atoms with Crippen LogP contribution in [0.4, 0.5) is 0 Å². The summed E-state index contributed by atoms with van der Waals surface area (Å²) in [6.07, 6.45) is -0.362. The van der Waals surface area contributed by atoms with Crippen LogP contribution >= 0.6 is 0 Å². The van der Waals surface area contributed by atoms with Crippen LogP contribution in [-0.4, -0.2) is 44.6 Å². The highest BCUT2D eigenvalue weighted by atomic mass is 32.2. The van der Waals surface area contributed by atoms with Gasteiger partial charge in [0.05, 0.1) is 11.0 Å². The normalized spacial score (nSPS) is 13.8. The minimum atomic E-state index is -3.37. The molecule has 1 rings (SSSR count). The monoisotopic (exact) mass is 273 g/mol. The fraction of sp³-hybridized carbons (Fsp3) is 0.500. The lowest BCUT2D eigenvalue weighted by atomic mass is 10.2. The third-order valence-corrected chi connectivity index (χ3v) is 4.38. The number of aliphatic hydroxyl groups is 1. The molecule has 1 aromatic rings. The van der Waals surface area contributed by atoms with Gasteiger partial charge in [0.25, 0.3) is 0 Å². The van der Waals surface area contributed by atoms with E-state index in [0.29, 0.717) is 18.0 Å². The number of hydrogen-bond donors (Lipinski definition) is 2. The second kappa shape index (κ2) is 6.29. The number of nitrogens with zero attached hydrogens (tertiary/aromatic N) is 1. The molecule has 6 heteroatoms. The molecule has 0 aliphatic rings. The standard InChI is InChI=1S/C12H20N2O3S/c1-10(15)8-13-9-11-5-4-6-12(7-11)18(16,17)14(2)3/h4-7,10,13,15H,8-9H2,1-3H3/p+1/t10-/m1/s1. The summed E-state index contributed by atoms with van der Waals surface area (Å²) in [6, 6.07) is 6.89. The molecule has 0 aliphatic carbocycles. The van der Waals surface area contributed by atoms with E-state index in [-0.39, 0.29) is 6.10 Å². The molecule has 0 unspecified atom stereocenters. The number of benzene rings is 1. The van der Waals surface area contributed by atoms with Gasteiger partial charge in [0, 0.05) is 19.7 Å². The largest absolute Gasteiger partial charge is 0.388 e. The van der Waals surface area contributed by atoms with E-state index in [2.05, 4.69) is 0 Å². The van der Waals surface area contributed by atoms with Crippen molar-refractivity contribution in [2.24, 2.45) is 0 Å². The molecule has 0 saturated carbocycles. The van der Waals surface area contributed by atoms with Crippen LogP contribution in [0.2, 0.25) is 0 Å². The van der Waals surface area contributed by atoms with Crippen LogP contribution in [0.5, 0.6) is 0 Å². The summed E-state index contributed by atoms with van der Waals surface area (Å²) in [4.78, 5) is 0.301. The van der Waals surface area contributed by atoms with E-state index < -0.39 is 10.0 Å². The highest BCUT2D eigenvalue weighted by Crippen LogP contribution is 2.14. The molecule has 18 heavy (non-hydrogen) atoms. The Labute approximate surface area is 108 Å². The van der Waals surface area contributed by atoms with Crippen molar-refractivity contribution < 1.29 is 18.8 Å². The van der Waals surface area contributed by atoms with E-state index in [4.69, 9.17) is 5.11 Å². The first-order chi connectivity index (χ1) is 8.34. The summed E-state index contributed by atoms with van der Waals surface area (Å²) in [6.45, 7) is 2.98. The Morgan fingerprint density at radius 3 is 2.61 bits per heavy atom. The van der Waals surface area contributed by atoms with Gasteiger partial charge >= 0.3 is 0 Å². The first-order valence-corrected chi connectivity index (χ1v) is 7.29. The molecule has 0 fully saturated rings. The minimum absolute atomic E-state index is 0.301. The molecule has 5 nitrogen and oxygen atoms in total. The van der Waals surface area contributed by atoms with Gasteiger partial charge in [-0.15, -0.1) is 0 Å². The van der Waals surface area contributed by atoms with Gasteiger partial charge in [0.2, 0.25) is 10.0 Å². The molecular weight excluding hydrogens is 252 g/mol. The van der Waals surface area contributed by atoms with Crippen LogP contribution in [0.1, 0.15) is 12.5 Å². The van der Waals surface area contributed by atoms with Gasteiger partial charge in [0.15, 0.2) is 0 Å². The molecule has 0 aliphatic heterocycles. The highest BCUT2D eigenvalue weighted by Gasteiger charge is 2.17. The first-order valence-electron chi connectivity index (χ1n) is 5.85. The molecule has 0 saturated heterocycles. The van der Waals surface area contributed by atoms with Gasteiger partial charge in [-0.05, 0) is 19.1 Å². The summed E-state index contributed by atoms with van der Waals surface area (Å²) in [7, 11) is -0.340. The molecule has 0 radical (unpaired) electrons. The lowest BCUT2D eigenvalue weighted by molar-refractivity contribution is -0.676. The maximum Gasteiger partial charge on any atom is 0.242 e. The van der Waals surface area contributed by atoms with Crippen LogP contribution in [0.15, 0.2) is 29.2 Å². The van der Waals surface area contributed by atoms with Crippen LogP contribution in [-0.2, 0) is 16.6 Å². The predicted molar refractivity (Wildman–Crippen MR) is 69.5 cm³/mol. The second-order valence-electron chi connectivity index (χ2n) is 4.51. The van der Waals surface area contributed by atoms with Gasteiger partial charge < -0.3 is 10.4 Å². The zero-order valence-corrected chi connectivity index (χ0v) is 11.8. The Hall–Kier alpha value is -0.950. The Kier molecular flexibility index (Phi) is 5.28. The van der Waals surface area contributed by atoms with Crippen molar-refractivity contribution in [3.8, 4) is 0 Å². The van der Waals surface area contributed by atoms with E-state index in [0.717, 1.165) is 5.56 Å². The number of rotatable bonds is 6. The third-order valence-electron chi connectivity index (χ3n) is 2.56. The highest BCUT2D eigenvalue weighted by molar-refractivity contribution is 7.89. The van der Waals surface area contributed by atoms with Gasteiger partial charge in [-0.1, -0.05) is 12.1 Å². The number of quaternary nitrogens is 1. The van der Waals surface area contributed by atoms with Gasteiger partial charge in [-0.25, -0.2) is 12.7 Å². The molecular formula is C12H21N2O3S+. The Morgan fingerprint density at radius 2 is 2.06 bits per heavy atom. The summed E-state index contributed by atoms with van der Waals surface area (Å²) in [5.41, 5.74) is 0.929. The summed E-state index contributed by atoms with van der Waals surface area (Å²) >= 11 is 0. The fourth-order valence-electron chi connectivity index (χ4n) is 1.53. The zero-order chi connectivity index (χ0) is 13.8. The number of hydrogen-bond acceptors (Lipinski definition) is 3. The van der Waals surface area contributed by atoms with E-state index in [1.807, 2.05) is 11.4 Å². The molecule has 0 spiro atoms. The Balaban J connectivity index is 2.80. The van der Waals surface area contributed by atoms with Crippen LogP contribution < -0.4 is 5.32 Å². The maximum absolute atomic E-state index is 11.9. The molecule has 102 valence electrons. The van der Waals surface area contributed by atoms with Crippen molar-refractivity contribution in [2.75, 3.05) is 20.6 Å². The second-order valence-corrected chi connectivity index (χ2v) is 6.66. The van der Waals surface area contributed by atoms with Crippen molar-refractivity contribution in [3.05, 3.63) is 29.8 Å². The molecule has 0 aromatic heterocycles. The smallest absolute Gasteiger partial charge is 0.242 e. The zero-order valence-electron chi connectivity index (χ0n) is 11.0. The summed E-state index contributed by atoms with van der Waals surface area (Å²) in [5.74, 6) is 0. The number of sulfonamides is 1. The lowest BCUT2D eigenvalue weighted by Gasteiger charge is -2.12. The van der Waals surface area contributed by atoms with Crippen molar-refractivity contribution in [3.63, 3.8) is 0 Å². The summed E-state index contributed by atoms with van der Waals surface area (Å²) < 4.78 is 25.1. The summed E-state index contributed by atoms with van der Waals surface area (Å²) in [5, 5.41) is 11.1. The molecule has 0 amide bonds. The SMILES string of the molecule is C[C@@H](O)C[NH2+]Cc1cccc(S(=O)(=O)N(C)C)c1. The minimum Gasteiger partial charge on any atom is -0.388 e. The third kappa shape index (κ3) is 4.06. The maximum atomic E-state index is 11.9. The Morgan fingerprint density at radius 1 is 1.39 bits per heavy atom. The van der Waals surface area contributed by atoms with Crippen LogP contribution in [0, 0.1) is 0 Å². The van der Waals surface area contributed by atoms with Gasteiger partial charge in [-0.3, -0.25) is 0 Å². The molecule has 0 heterocycles. The van der Waals surface area contributed by atoms with Crippen molar-refractivity contribution in [1.82, 2.24) is 4.31 Å². The predicted octanol–water partition coefficient (Wildman–Crippen LogP) is -0.619. The lowest BCUT2D eigenvalue weighted by Crippen LogP contribution is -2.84. The van der Waals surface area contributed by atoms with E-state index in [1.165, 1.54) is 18.4 Å². The van der Waals surface area contributed by atoms with Gasteiger partial charge in [-0.2, -0.15) is 0 Å². The molecule has 0 bridgehead atoms. The average molecular weight is 273 g/mol. The van der Waals surface area contributed by atoms with Crippen molar-refractivity contribution in [2.45, 2.75) is 24.5 Å². The van der Waals surface area contributed by atoms with E-state index >= 15 is 0 Å². The first kappa shape index (κ1) is 15.1. The number of aliphatic hydroxyl groups excluding tert-OH is 1. The Bertz CT molecular complexity index is 484. The molecule has 3 N–H and O–H groups in total. The fourth-order valence-corrected chi connectivity index (χ4v) is 2.51. The van der Waals surface area contributed by atoms with Gasteiger partial charge in [0.1, 0.15) is 13.1 Å². The average Bonchev–Trinajstić information content (AvgIpc) is 2.28. The quantitative estimate of drug-likeness (QED) is 0.725. The number of nitrogens with two attached hydrogens (primary N) is 1.